The first-order chi connectivity index (χ1) is 11.8. The van der Waals surface area contributed by atoms with Crippen molar-refractivity contribution in [3.63, 3.8) is 0 Å². The normalized spacial score (nSPS) is 16.2. The average Bonchev–Trinajstić information content (AvgIpc) is 2.57. The lowest BCUT2D eigenvalue weighted by Crippen LogP contribution is -2.43. The quantitative estimate of drug-likeness (QED) is 0.846. The molecule has 1 aliphatic rings. The van der Waals surface area contributed by atoms with E-state index in [1.165, 1.54) is 6.08 Å². The van der Waals surface area contributed by atoms with Gasteiger partial charge in [0.25, 0.3) is 0 Å². The van der Waals surface area contributed by atoms with Gasteiger partial charge in [0.15, 0.2) is 0 Å². The summed E-state index contributed by atoms with van der Waals surface area (Å²) in [6.07, 6.45) is -0.437. The summed E-state index contributed by atoms with van der Waals surface area (Å²) in [7, 11) is 0. The van der Waals surface area contributed by atoms with Crippen molar-refractivity contribution in [1.29, 1.82) is 0 Å². The van der Waals surface area contributed by atoms with E-state index in [0.717, 1.165) is 11.1 Å². The number of aryl methyl sites for hydroxylation is 1. The number of hydrogen-bond acceptors (Lipinski definition) is 2. The SMILES string of the molecule is Cc1cccc(/C=C/C(=O)N2CCC(CNC(=O)C(F)(F)F)CC2)c1. The van der Waals surface area contributed by atoms with Gasteiger partial charge in [-0.2, -0.15) is 13.2 Å². The molecular weight excluding hydrogens is 333 g/mol. The number of halogens is 3. The molecule has 0 radical (unpaired) electrons. The molecule has 1 aliphatic heterocycles. The van der Waals surface area contributed by atoms with Crippen LogP contribution in [0.15, 0.2) is 30.3 Å². The highest BCUT2D eigenvalue weighted by atomic mass is 19.4. The Hall–Kier alpha value is -2.31. The van der Waals surface area contributed by atoms with Crippen LogP contribution in [0.2, 0.25) is 0 Å². The summed E-state index contributed by atoms with van der Waals surface area (Å²) in [5, 5.41) is 1.91. The molecule has 1 N–H and O–H groups in total. The molecular formula is C18H21F3N2O2. The van der Waals surface area contributed by atoms with Crippen LogP contribution in [0.25, 0.3) is 6.08 Å². The van der Waals surface area contributed by atoms with Crippen LogP contribution in [0, 0.1) is 12.8 Å². The molecule has 0 bridgehead atoms. The minimum absolute atomic E-state index is 0.0144. The van der Waals surface area contributed by atoms with E-state index in [2.05, 4.69) is 0 Å². The van der Waals surface area contributed by atoms with Crippen molar-refractivity contribution >= 4 is 17.9 Å². The summed E-state index contributed by atoms with van der Waals surface area (Å²) in [6, 6.07) is 7.77. The van der Waals surface area contributed by atoms with Gasteiger partial charge in [0.2, 0.25) is 5.91 Å². The average molecular weight is 354 g/mol. The summed E-state index contributed by atoms with van der Waals surface area (Å²) in [4.78, 5) is 24.7. The molecule has 0 unspecified atom stereocenters. The van der Waals surface area contributed by atoms with E-state index in [0.29, 0.717) is 25.9 Å². The predicted molar refractivity (Wildman–Crippen MR) is 88.6 cm³/mol. The van der Waals surface area contributed by atoms with Crippen LogP contribution >= 0.6 is 0 Å². The number of rotatable bonds is 4. The Morgan fingerprint density at radius 3 is 2.56 bits per heavy atom. The number of carbonyl (C=O) groups is 2. The topological polar surface area (TPSA) is 49.4 Å². The van der Waals surface area contributed by atoms with Crippen LogP contribution in [0.1, 0.15) is 24.0 Å². The van der Waals surface area contributed by atoms with E-state index < -0.39 is 12.1 Å². The molecule has 0 aliphatic carbocycles. The van der Waals surface area contributed by atoms with Crippen molar-refractivity contribution in [2.75, 3.05) is 19.6 Å². The van der Waals surface area contributed by atoms with Crippen molar-refractivity contribution in [2.45, 2.75) is 25.9 Å². The minimum atomic E-state index is -4.85. The Labute approximate surface area is 144 Å². The molecule has 25 heavy (non-hydrogen) atoms. The van der Waals surface area contributed by atoms with Gasteiger partial charge in [-0.05, 0) is 37.3 Å². The van der Waals surface area contributed by atoms with Gasteiger partial charge in [-0.3, -0.25) is 9.59 Å². The summed E-state index contributed by atoms with van der Waals surface area (Å²) in [5.41, 5.74) is 2.05. The van der Waals surface area contributed by atoms with Gasteiger partial charge in [-0.25, -0.2) is 0 Å². The second kappa shape index (κ2) is 8.18. The van der Waals surface area contributed by atoms with Crippen LogP contribution in [0.3, 0.4) is 0 Å². The van der Waals surface area contributed by atoms with Gasteiger partial charge in [0.1, 0.15) is 0 Å². The molecule has 1 heterocycles. The first kappa shape index (κ1) is 19.0. The van der Waals surface area contributed by atoms with Crippen molar-refractivity contribution in [1.82, 2.24) is 10.2 Å². The Morgan fingerprint density at radius 2 is 1.96 bits per heavy atom. The molecule has 0 atom stereocenters. The summed E-state index contributed by atoms with van der Waals surface area (Å²) < 4.78 is 36.4. The van der Waals surface area contributed by atoms with Crippen LogP contribution in [-0.4, -0.2) is 42.5 Å². The number of alkyl halides is 3. The number of hydrogen-bond donors (Lipinski definition) is 1. The fraction of sp³-hybridized carbons (Fsp3) is 0.444. The zero-order chi connectivity index (χ0) is 18.4. The largest absolute Gasteiger partial charge is 0.471 e. The highest BCUT2D eigenvalue weighted by Gasteiger charge is 2.38. The van der Waals surface area contributed by atoms with Gasteiger partial charge in [0, 0.05) is 25.7 Å². The fourth-order valence-electron chi connectivity index (χ4n) is 2.74. The number of amides is 2. The lowest BCUT2D eigenvalue weighted by Gasteiger charge is -2.31. The van der Waals surface area contributed by atoms with Gasteiger partial charge >= 0.3 is 12.1 Å². The molecule has 7 heteroatoms. The Morgan fingerprint density at radius 1 is 1.28 bits per heavy atom. The molecule has 1 aromatic rings. The zero-order valence-corrected chi connectivity index (χ0v) is 14.0. The monoisotopic (exact) mass is 354 g/mol. The van der Waals surface area contributed by atoms with Gasteiger partial charge in [0.05, 0.1) is 0 Å². The maximum Gasteiger partial charge on any atom is 0.471 e. The summed E-state index contributed by atoms with van der Waals surface area (Å²) in [5.74, 6) is -2.07. The maximum absolute atomic E-state index is 12.2. The van der Waals surface area contributed by atoms with Gasteiger partial charge < -0.3 is 10.2 Å². The van der Waals surface area contributed by atoms with Crippen molar-refractivity contribution in [3.8, 4) is 0 Å². The molecule has 2 rings (SSSR count). The lowest BCUT2D eigenvalue weighted by molar-refractivity contribution is -0.173. The predicted octanol–water partition coefficient (Wildman–Crippen LogP) is 2.93. The molecule has 0 aromatic heterocycles. The third-order valence-corrected chi connectivity index (χ3v) is 4.20. The standard InChI is InChI=1S/C18H21F3N2O2/c1-13-3-2-4-14(11-13)5-6-16(24)23-9-7-15(8-10-23)12-22-17(25)18(19,20)21/h2-6,11,15H,7-10,12H2,1H3,(H,22,25)/b6-5+. The van der Waals surface area contributed by atoms with Crippen molar-refractivity contribution in [3.05, 3.63) is 41.5 Å². The number of benzene rings is 1. The Bertz CT molecular complexity index is 648. The summed E-state index contributed by atoms with van der Waals surface area (Å²) >= 11 is 0. The van der Waals surface area contributed by atoms with E-state index in [1.807, 2.05) is 36.5 Å². The van der Waals surface area contributed by atoms with Crippen LogP contribution in [0.4, 0.5) is 13.2 Å². The van der Waals surface area contributed by atoms with Crippen LogP contribution in [0.5, 0.6) is 0 Å². The molecule has 0 saturated carbocycles. The Kier molecular flexibility index (Phi) is 6.22. The van der Waals surface area contributed by atoms with E-state index in [4.69, 9.17) is 0 Å². The number of piperidine rings is 1. The first-order valence-corrected chi connectivity index (χ1v) is 8.14. The molecule has 2 amide bonds. The van der Waals surface area contributed by atoms with Crippen molar-refractivity contribution < 1.29 is 22.8 Å². The summed E-state index contributed by atoms with van der Waals surface area (Å²) in [6.45, 7) is 2.91. The first-order valence-electron chi connectivity index (χ1n) is 8.14. The fourth-order valence-corrected chi connectivity index (χ4v) is 2.74. The zero-order valence-electron chi connectivity index (χ0n) is 14.0. The molecule has 4 nitrogen and oxygen atoms in total. The smallest absolute Gasteiger partial charge is 0.348 e. The number of nitrogens with zero attached hydrogens (tertiary/aromatic N) is 1. The molecule has 0 spiro atoms. The highest BCUT2D eigenvalue weighted by Crippen LogP contribution is 2.19. The molecule has 1 fully saturated rings. The Balaban J connectivity index is 1.77. The third-order valence-electron chi connectivity index (χ3n) is 4.20. The van der Waals surface area contributed by atoms with E-state index >= 15 is 0 Å². The number of nitrogens with one attached hydrogen (secondary N) is 1. The second-order valence-corrected chi connectivity index (χ2v) is 6.22. The number of likely N-dealkylation sites (tertiary alicyclic amines) is 1. The van der Waals surface area contributed by atoms with Crippen LogP contribution in [-0.2, 0) is 9.59 Å². The third kappa shape index (κ3) is 5.92. The van der Waals surface area contributed by atoms with E-state index in [-0.39, 0.29) is 18.4 Å². The highest BCUT2D eigenvalue weighted by molar-refractivity contribution is 5.91. The minimum Gasteiger partial charge on any atom is -0.348 e. The van der Waals surface area contributed by atoms with Gasteiger partial charge in [-0.1, -0.05) is 29.8 Å². The molecule has 1 aromatic carbocycles. The van der Waals surface area contributed by atoms with Crippen LogP contribution < -0.4 is 5.32 Å². The van der Waals surface area contributed by atoms with E-state index in [1.54, 1.807) is 11.0 Å². The molecule has 1 saturated heterocycles. The molecule has 136 valence electrons. The van der Waals surface area contributed by atoms with Crippen molar-refractivity contribution in [2.24, 2.45) is 5.92 Å². The van der Waals surface area contributed by atoms with E-state index in [9.17, 15) is 22.8 Å². The maximum atomic E-state index is 12.2. The van der Waals surface area contributed by atoms with Gasteiger partial charge in [-0.15, -0.1) is 0 Å². The lowest BCUT2D eigenvalue weighted by atomic mass is 9.96. The number of carbonyl (C=O) groups excluding carboxylic acids is 2. The second-order valence-electron chi connectivity index (χ2n) is 6.22.